The summed E-state index contributed by atoms with van der Waals surface area (Å²) in [6.07, 6.45) is 3.18. The standard InChI is InChI=1S/C11H18N4O2S/c16-18(17,11-1-2-12-9-11)15-5-3-14(4-6-15)10-7-13-8-10/h1-2,9-10,12-13H,3-8H2. The maximum Gasteiger partial charge on any atom is 0.244 e. The normalized spacial score (nSPS) is 24.0. The number of hydrogen-bond acceptors (Lipinski definition) is 4. The molecule has 0 aliphatic carbocycles. The first-order valence-corrected chi connectivity index (χ1v) is 7.69. The molecule has 2 fully saturated rings. The number of aromatic amines is 1. The zero-order valence-electron chi connectivity index (χ0n) is 10.2. The van der Waals surface area contributed by atoms with Gasteiger partial charge in [-0.1, -0.05) is 0 Å². The Bertz CT molecular complexity index is 487. The van der Waals surface area contributed by atoms with Gasteiger partial charge in [-0.15, -0.1) is 0 Å². The summed E-state index contributed by atoms with van der Waals surface area (Å²) in [5.74, 6) is 0. The highest BCUT2D eigenvalue weighted by Gasteiger charge is 2.32. The number of aromatic nitrogens is 1. The summed E-state index contributed by atoms with van der Waals surface area (Å²) in [4.78, 5) is 5.53. The van der Waals surface area contributed by atoms with E-state index in [0.29, 0.717) is 24.0 Å². The smallest absolute Gasteiger partial charge is 0.244 e. The van der Waals surface area contributed by atoms with E-state index in [4.69, 9.17) is 0 Å². The molecule has 7 heteroatoms. The van der Waals surface area contributed by atoms with Crippen LogP contribution in [-0.4, -0.2) is 67.9 Å². The molecule has 0 radical (unpaired) electrons. The molecule has 3 heterocycles. The molecule has 2 aliphatic rings. The van der Waals surface area contributed by atoms with Crippen molar-refractivity contribution in [1.29, 1.82) is 0 Å². The lowest BCUT2D eigenvalue weighted by Crippen LogP contribution is -2.61. The van der Waals surface area contributed by atoms with E-state index in [0.717, 1.165) is 26.2 Å². The van der Waals surface area contributed by atoms with Gasteiger partial charge in [-0.3, -0.25) is 4.90 Å². The number of nitrogens with zero attached hydrogens (tertiary/aromatic N) is 2. The second kappa shape index (κ2) is 4.65. The molecule has 1 aromatic heterocycles. The summed E-state index contributed by atoms with van der Waals surface area (Å²) in [7, 11) is -3.30. The van der Waals surface area contributed by atoms with Gasteiger partial charge in [-0.25, -0.2) is 8.42 Å². The highest BCUT2D eigenvalue weighted by Crippen LogP contribution is 2.18. The third-order valence-corrected chi connectivity index (χ3v) is 5.65. The van der Waals surface area contributed by atoms with E-state index < -0.39 is 10.0 Å². The van der Waals surface area contributed by atoms with Crippen LogP contribution in [0.25, 0.3) is 0 Å². The van der Waals surface area contributed by atoms with Gasteiger partial charge >= 0.3 is 0 Å². The van der Waals surface area contributed by atoms with Crippen LogP contribution in [0.2, 0.25) is 0 Å². The highest BCUT2D eigenvalue weighted by molar-refractivity contribution is 7.89. The maximum absolute atomic E-state index is 12.3. The summed E-state index contributed by atoms with van der Waals surface area (Å²) in [6.45, 7) is 4.90. The molecule has 18 heavy (non-hydrogen) atoms. The molecule has 2 N–H and O–H groups in total. The topological polar surface area (TPSA) is 68.4 Å². The summed E-state index contributed by atoms with van der Waals surface area (Å²) < 4.78 is 26.1. The predicted molar refractivity (Wildman–Crippen MR) is 67.8 cm³/mol. The Balaban J connectivity index is 1.65. The minimum atomic E-state index is -3.30. The minimum absolute atomic E-state index is 0.362. The molecule has 2 aliphatic heterocycles. The van der Waals surface area contributed by atoms with Gasteiger partial charge in [0, 0.05) is 57.7 Å². The van der Waals surface area contributed by atoms with Crippen molar-refractivity contribution in [2.75, 3.05) is 39.3 Å². The second-order valence-corrected chi connectivity index (χ2v) is 6.74. The number of H-pyrrole nitrogens is 1. The van der Waals surface area contributed by atoms with E-state index in [1.807, 2.05) is 0 Å². The van der Waals surface area contributed by atoms with Gasteiger partial charge in [0.1, 0.15) is 0 Å². The first-order valence-electron chi connectivity index (χ1n) is 6.25. The fourth-order valence-corrected chi connectivity index (χ4v) is 3.86. The van der Waals surface area contributed by atoms with Gasteiger partial charge in [-0.05, 0) is 6.07 Å². The highest BCUT2D eigenvalue weighted by atomic mass is 32.2. The second-order valence-electron chi connectivity index (χ2n) is 4.80. The van der Waals surface area contributed by atoms with Crippen molar-refractivity contribution in [3.63, 3.8) is 0 Å². The Hall–Kier alpha value is -0.890. The van der Waals surface area contributed by atoms with Crippen LogP contribution in [0, 0.1) is 0 Å². The Morgan fingerprint density at radius 3 is 2.39 bits per heavy atom. The summed E-state index contributed by atoms with van der Waals surface area (Å²) in [5.41, 5.74) is 0. The summed E-state index contributed by atoms with van der Waals surface area (Å²) in [6, 6.07) is 2.21. The van der Waals surface area contributed by atoms with Gasteiger partial charge in [0.2, 0.25) is 10.0 Å². The quantitative estimate of drug-likeness (QED) is 0.761. The number of piperazine rings is 1. The maximum atomic E-state index is 12.3. The van der Waals surface area contributed by atoms with Crippen molar-refractivity contribution in [3.05, 3.63) is 18.5 Å². The van der Waals surface area contributed by atoms with Crippen LogP contribution in [-0.2, 0) is 10.0 Å². The van der Waals surface area contributed by atoms with Gasteiger partial charge in [-0.2, -0.15) is 4.31 Å². The number of rotatable bonds is 3. The van der Waals surface area contributed by atoms with Gasteiger partial charge in [0.25, 0.3) is 0 Å². The monoisotopic (exact) mass is 270 g/mol. The lowest BCUT2D eigenvalue weighted by atomic mass is 10.1. The van der Waals surface area contributed by atoms with E-state index >= 15 is 0 Å². The zero-order valence-corrected chi connectivity index (χ0v) is 11.0. The van der Waals surface area contributed by atoms with Crippen LogP contribution in [0.3, 0.4) is 0 Å². The molecule has 0 atom stereocenters. The van der Waals surface area contributed by atoms with Crippen molar-refractivity contribution >= 4 is 10.0 Å². The van der Waals surface area contributed by atoms with Crippen LogP contribution < -0.4 is 5.32 Å². The molecule has 0 aromatic carbocycles. The molecule has 0 amide bonds. The lowest BCUT2D eigenvalue weighted by molar-refractivity contribution is 0.103. The van der Waals surface area contributed by atoms with E-state index in [-0.39, 0.29) is 0 Å². The van der Waals surface area contributed by atoms with E-state index in [1.165, 1.54) is 6.20 Å². The number of sulfonamides is 1. The van der Waals surface area contributed by atoms with Crippen molar-refractivity contribution in [1.82, 2.24) is 19.5 Å². The van der Waals surface area contributed by atoms with Gasteiger partial charge < -0.3 is 10.3 Å². The predicted octanol–water partition coefficient (Wildman–Crippen LogP) is -0.707. The fourth-order valence-electron chi connectivity index (χ4n) is 2.46. The average Bonchev–Trinajstić information content (AvgIpc) is 2.81. The zero-order chi connectivity index (χ0) is 12.6. The Morgan fingerprint density at radius 1 is 1.17 bits per heavy atom. The molecule has 100 valence electrons. The Labute approximate surface area is 107 Å². The van der Waals surface area contributed by atoms with E-state index in [9.17, 15) is 8.42 Å². The van der Waals surface area contributed by atoms with Crippen LogP contribution >= 0.6 is 0 Å². The van der Waals surface area contributed by atoms with Crippen LogP contribution in [0.15, 0.2) is 23.4 Å². The van der Waals surface area contributed by atoms with Crippen molar-refractivity contribution < 1.29 is 8.42 Å². The molecule has 0 unspecified atom stereocenters. The Morgan fingerprint density at radius 2 is 1.89 bits per heavy atom. The third-order valence-electron chi connectivity index (χ3n) is 3.76. The Kier molecular flexibility index (Phi) is 3.14. The molecular formula is C11H18N4O2S. The first kappa shape index (κ1) is 12.2. The average molecular weight is 270 g/mol. The summed E-state index contributed by atoms with van der Waals surface area (Å²) in [5, 5.41) is 3.24. The SMILES string of the molecule is O=S(=O)(c1cc[nH]c1)N1CCN(C2CNC2)CC1. The van der Waals surface area contributed by atoms with E-state index in [1.54, 1.807) is 16.6 Å². The fraction of sp³-hybridized carbons (Fsp3) is 0.636. The molecule has 3 rings (SSSR count). The molecular weight excluding hydrogens is 252 g/mol. The number of hydrogen-bond donors (Lipinski definition) is 2. The van der Waals surface area contributed by atoms with Crippen LogP contribution in [0.5, 0.6) is 0 Å². The van der Waals surface area contributed by atoms with Crippen molar-refractivity contribution in [2.45, 2.75) is 10.9 Å². The summed E-state index contributed by atoms with van der Waals surface area (Å²) >= 11 is 0. The first-order chi connectivity index (χ1) is 8.68. The minimum Gasteiger partial charge on any atom is -0.366 e. The molecule has 0 bridgehead atoms. The lowest BCUT2D eigenvalue weighted by Gasteiger charge is -2.42. The van der Waals surface area contributed by atoms with Gasteiger partial charge in [0.15, 0.2) is 0 Å². The largest absolute Gasteiger partial charge is 0.366 e. The van der Waals surface area contributed by atoms with E-state index in [2.05, 4.69) is 15.2 Å². The van der Waals surface area contributed by atoms with Crippen molar-refractivity contribution in [2.24, 2.45) is 0 Å². The molecule has 0 saturated carbocycles. The molecule has 1 aromatic rings. The number of nitrogens with one attached hydrogen (secondary N) is 2. The van der Waals surface area contributed by atoms with Crippen LogP contribution in [0.4, 0.5) is 0 Å². The molecule has 0 spiro atoms. The molecule has 2 saturated heterocycles. The van der Waals surface area contributed by atoms with Crippen LogP contribution in [0.1, 0.15) is 0 Å². The van der Waals surface area contributed by atoms with Gasteiger partial charge in [0.05, 0.1) is 4.90 Å². The molecule has 6 nitrogen and oxygen atoms in total. The third kappa shape index (κ3) is 2.07. The van der Waals surface area contributed by atoms with Crippen molar-refractivity contribution in [3.8, 4) is 0 Å².